The van der Waals surface area contributed by atoms with Crippen molar-refractivity contribution in [2.45, 2.75) is 25.3 Å². The van der Waals surface area contributed by atoms with Gasteiger partial charge in [0.2, 0.25) is 5.91 Å². The van der Waals surface area contributed by atoms with E-state index in [-0.39, 0.29) is 30.1 Å². The summed E-state index contributed by atoms with van der Waals surface area (Å²) in [5.74, 6) is -0.460. The fraction of sp³-hybridized carbons (Fsp3) is 0.316. The molecule has 1 aliphatic rings. The highest BCUT2D eigenvalue weighted by Gasteiger charge is 2.24. The third-order valence-corrected chi connectivity index (χ3v) is 4.35. The summed E-state index contributed by atoms with van der Waals surface area (Å²) in [4.78, 5) is 30.3. The lowest BCUT2D eigenvalue weighted by atomic mass is 10.0. The van der Waals surface area contributed by atoms with Gasteiger partial charge in [0.25, 0.3) is 5.91 Å². The van der Waals surface area contributed by atoms with Gasteiger partial charge in [-0.1, -0.05) is 18.2 Å². The number of amides is 2. The van der Waals surface area contributed by atoms with Crippen LogP contribution in [0, 0.1) is 5.82 Å². The molecule has 0 bridgehead atoms. The molecule has 0 spiro atoms. The lowest BCUT2D eigenvalue weighted by molar-refractivity contribution is -0.131. The van der Waals surface area contributed by atoms with Crippen LogP contribution in [-0.4, -0.2) is 40.8 Å². The van der Waals surface area contributed by atoms with Gasteiger partial charge in [0.05, 0.1) is 6.42 Å². The maximum absolute atomic E-state index is 12.9. The Balaban J connectivity index is 1.47. The molecule has 1 aliphatic heterocycles. The van der Waals surface area contributed by atoms with Gasteiger partial charge >= 0.3 is 0 Å². The van der Waals surface area contributed by atoms with E-state index < -0.39 is 0 Å². The van der Waals surface area contributed by atoms with Gasteiger partial charge in [0.15, 0.2) is 0 Å². The van der Waals surface area contributed by atoms with Crippen LogP contribution in [0.3, 0.4) is 0 Å². The van der Waals surface area contributed by atoms with Crippen molar-refractivity contribution in [1.29, 1.82) is 0 Å². The van der Waals surface area contributed by atoms with Crippen LogP contribution in [0.1, 0.15) is 28.9 Å². The molecule has 0 atom stereocenters. The van der Waals surface area contributed by atoms with Crippen molar-refractivity contribution in [2.24, 2.45) is 0 Å². The van der Waals surface area contributed by atoms with Crippen molar-refractivity contribution in [1.82, 2.24) is 15.2 Å². The second kappa shape index (κ2) is 7.88. The molecular formula is C19H20FN3O2. The molecule has 2 amide bonds. The molecule has 1 aromatic heterocycles. The van der Waals surface area contributed by atoms with E-state index >= 15 is 0 Å². The Hall–Kier alpha value is -2.76. The predicted octanol–water partition coefficient (Wildman–Crippen LogP) is 2.18. The first kappa shape index (κ1) is 17.1. The number of nitrogens with one attached hydrogen (secondary N) is 1. The molecule has 1 aromatic carbocycles. The van der Waals surface area contributed by atoms with E-state index in [2.05, 4.69) is 10.3 Å². The second-order valence-corrected chi connectivity index (χ2v) is 6.15. The Labute approximate surface area is 145 Å². The van der Waals surface area contributed by atoms with E-state index in [1.807, 2.05) is 0 Å². The lowest BCUT2D eigenvalue weighted by Crippen LogP contribution is -2.47. The molecule has 2 aromatic rings. The summed E-state index contributed by atoms with van der Waals surface area (Å²) in [5.41, 5.74) is 1.20. The quantitative estimate of drug-likeness (QED) is 0.927. The number of benzene rings is 1. The van der Waals surface area contributed by atoms with Gasteiger partial charge in [-0.25, -0.2) is 4.39 Å². The normalized spacial score (nSPS) is 15.0. The van der Waals surface area contributed by atoms with Crippen LogP contribution in [0.4, 0.5) is 4.39 Å². The third kappa shape index (κ3) is 4.62. The largest absolute Gasteiger partial charge is 0.348 e. The number of hydrogen-bond donors (Lipinski definition) is 1. The fourth-order valence-corrected chi connectivity index (χ4v) is 2.92. The summed E-state index contributed by atoms with van der Waals surface area (Å²) in [7, 11) is 0. The van der Waals surface area contributed by atoms with Gasteiger partial charge in [0.1, 0.15) is 11.5 Å². The number of piperidine rings is 1. The fourth-order valence-electron chi connectivity index (χ4n) is 2.92. The highest BCUT2D eigenvalue weighted by molar-refractivity contribution is 5.92. The smallest absolute Gasteiger partial charge is 0.270 e. The Kier molecular flexibility index (Phi) is 5.38. The van der Waals surface area contributed by atoms with Gasteiger partial charge in [-0.2, -0.15) is 0 Å². The monoisotopic (exact) mass is 341 g/mol. The number of nitrogens with zero attached hydrogens (tertiary/aromatic N) is 2. The van der Waals surface area contributed by atoms with Gasteiger partial charge in [-0.05, 0) is 42.7 Å². The molecule has 6 heteroatoms. The first-order chi connectivity index (χ1) is 12.1. The van der Waals surface area contributed by atoms with E-state index in [4.69, 9.17) is 0 Å². The zero-order chi connectivity index (χ0) is 17.6. The highest BCUT2D eigenvalue weighted by atomic mass is 19.1. The number of aromatic nitrogens is 1. The number of likely N-dealkylation sites (tertiary alicyclic amines) is 1. The van der Waals surface area contributed by atoms with Crippen LogP contribution in [0.5, 0.6) is 0 Å². The van der Waals surface area contributed by atoms with Gasteiger partial charge in [-0.15, -0.1) is 0 Å². The average molecular weight is 341 g/mol. The molecule has 0 aliphatic carbocycles. The summed E-state index contributed by atoms with van der Waals surface area (Å²) < 4.78 is 12.9. The summed E-state index contributed by atoms with van der Waals surface area (Å²) in [6, 6.07) is 11.3. The number of rotatable bonds is 4. The Morgan fingerprint density at radius 3 is 2.48 bits per heavy atom. The molecule has 5 nitrogen and oxygen atoms in total. The van der Waals surface area contributed by atoms with Crippen molar-refractivity contribution in [3.63, 3.8) is 0 Å². The SMILES string of the molecule is O=C(NC1CCN(C(=O)Cc2ccc(F)cc2)CC1)c1ccccn1. The van der Waals surface area contributed by atoms with E-state index in [0.29, 0.717) is 31.6 Å². The number of halogens is 1. The molecule has 1 saturated heterocycles. The summed E-state index contributed by atoms with van der Waals surface area (Å²) in [6.45, 7) is 1.21. The van der Waals surface area contributed by atoms with Crippen LogP contribution in [0.25, 0.3) is 0 Å². The Morgan fingerprint density at radius 1 is 1.12 bits per heavy atom. The number of carbonyl (C=O) groups excluding carboxylic acids is 2. The number of pyridine rings is 1. The minimum absolute atomic E-state index is 0.0288. The van der Waals surface area contributed by atoms with E-state index in [1.165, 1.54) is 12.1 Å². The molecular weight excluding hydrogens is 321 g/mol. The zero-order valence-corrected chi connectivity index (χ0v) is 13.8. The van der Waals surface area contributed by atoms with Crippen molar-refractivity contribution >= 4 is 11.8 Å². The van der Waals surface area contributed by atoms with Crippen molar-refractivity contribution in [3.8, 4) is 0 Å². The molecule has 0 saturated carbocycles. The van der Waals surface area contributed by atoms with E-state index in [1.54, 1.807) is 41.4 Å². The summed E-state index contributed by atoms with van der Waals surface area (Å²) >= 11 is 0. The molecule has 1 fully saturated rings. The molecule has 0 unspecified atom stereocenters. The minimum Gasteiger partial charge on any atom is -0.348 e. The van der Waals surface area contributed by atoms with Gasteiger partial charge in [-0.3, -0.25) is 14.6 Å². The average Bonchev–Trinajstić information content (AvgIpc) is 2.65. The van der Waals surface area contributed by atoms with Crippen LogP contribution in [-0.2, 0) is 11.2 Å². The van der Waals surface area contributed by atoms with Crippen molar-refractivity contribution in [3.05, 3.63) is 65.7 Å². The third-order valence-electron chi connectivity index (χ3n) is 4.35. The summed E-state index contributed by atoms with van der Waals surface area (Å²) in [5, 5.41) is 2.97. The second-order valence-electron chi connectivity index (χ2n) is 6.15. The summed E-state index contributed by atoms with van der Waals surface area (Å²) in [6.07, 6.45) is 3.29. The minimum atomic E-state index is -0.305. The number of carbonyl (C=O) groups is 2. The Morgan fingerprint density at radius 2 is 1.84 bits per heavy atom. The van der Waals surface area contributed by atoms with Crippen molar-refractivity contribution < 1.29 is 14.0 Å². The van der Waals surface area contributed by atoms with Gasteiger partial charge in [0, 0.05) is 25.3 Å². The zero-order valence-electron chi connectivity index (χ0n) is 13.8. The molecule has 1 N–H and O–H groups in total. The molecule has 2 heterocycles. The van der Waals surface area contributed by atoms with Crippen LogP contribution < -0.4 is 5.32 Å². The molecule has 25 heavy (non-hydrogen) atoms. The molecule has 130 valence electrons. The van der Waals surface area contributed by atoms with E-state index in [0.717, 1.165) is 5.56 Å². The maximum Gasteiger partial charge on any atom is 0.270 e. The number of hydrogen-bond acceptors (Lipinski definition) is 3. The van der Waals surface area contributed by atoms with Gasteiger partial charge < -0.3 is 10.2 Å². The molecule has 0 radical (unpaired) electrons. The topological polar surface area (TPSA) is 62.3 Å². The van der Waals surface area contributed by atoms with Crippen LogP contribution in [0.15, 0.2) is 48.7 Å². The molecule has 3 rings (SSSR count). The Bertz CT molecular complexity index is 726. The first-order valence-electron chi connectivity index (χ1n) is 8.36. The first-order valence-corrected chi connectivity index (χ1v) is 8.36. The van der Waals surface area contributed by atoms with Crippen LogP contribution in [0.2, 0.25) is 0 Å². The highest BCUT2D eigenvalue weighted by Crippen LogP contribution is 2.13. The van der Waals surface area contributed by atoms with Crippen LogP contribution >= 0.6 is 0 Å². The predicted molar refractivity (Wildman–Crippen MR) is 91.4 cm³/mol. The van der Waals surface area contributed by atoms with Crippen molar-refractivity contribution in [2.75, 3.05) is 13.1 Å². The maximum atomic E-state index is 12.9. The standard InChI is InChI=1S/C19H20FN3O2/c20-15-6-4-14(5-7-15)13-18(24)23-11-8-16(9-12-23)22-19(25)17-3-1-2-10-21-17/h1-7,10,16H,8-9,11-13H2,(H,22,25). The van der Waals surface area contributed by atoms with E-state index in [9.17, 15) is 14.0 Å². The lowest BCUT2D eigenvalue weighted by Gasteiger charge is -2.32.